The van der Waals surface area contributed by atoms with E-state index in [1.165, 1.54) is 6.07 Å². The number of carbonyl (C=O) groups excluding carboxylic acids is 1. The lowest BCUT2D eigenvalue weighted by molar-refractivity contribution is 0.0513. The first-order chi connectivity index (χ1) is 7.47. The fraction of sp³-hybridized carbons (Fsp3) is 0.333. The topological polar surface area (TPSA) is 39.2 Å². The molecular formula is C9H7Br2F2NO2. The number of nitrogens with zero attached hydrogens (tertiary/aromatic N) is 1. The molecule has 0 spiro atoms. The summed E-state index contributed by atoms with van der Waals surface area (Å²) in [5, 5.41) is 0. The van der Waals surface area contributed by atoms with E-state index < -0.39 is 18.1 Å². The Hall–Kier alpha value is -0.560. The van der Waals surface area contributed by atoms with Crippen LogP contribution >= 0.6 is 31.9 Å². The molecule has 0 aliphatic rings. The Morgan fingerprint density at radius 3 is 2.69 bits per heavy atom. The molecule has 1 aromatic rings. The maximum absolute atomic E-state index is 12.6. The van der Waals surface area contributed by atoms with Gasteiger partial charge in [-0.05, 0) is 44.8 Å². The molecule has 0 radical (unpaired) electrons. The third-order valence-corrected chi connectivity index (χ3v) is 3.41. The van der Waals surface area contributed by atoms with Crippen LogP contribution in [0.1, 0.15) is 29.4 Å². The van der Waals surface area contributed by atoms with Crippen LogP contribution in [0, 0.1) is 0 Å². The van der Waals surface area contributed by atoms with Gasteiger partial charge in [-0.1, -0.05) is 0 Å². The van der Waals surface area contributed by atoms with Gasteiger partial charge < -0.3 is 4.74 Å². The van der Waals surface area contributed by atoms with E-state index in [1.54, 1.807) is 6.92 Å². The summed E-state index contributed by atoms with van der Waals surface area (Å²) < 4.78 is 30.6. The lowest BCUT2D eigenvalue weighted by Crippen LogP contribution is -2.10. The molecule has 88 valence electrons. The first kappa shape index (κ1) is 13.5. The Morgan fingerprint density at radius 1 is 1.56 bits per heavy atom. The minimum absolute atomic E-state index is 0.120. The molecule has 0 saturated carbocycles. The predicted octanol–water partition coefficient (Wildman–Crippen LogP) is 3.72. The monoisotopic (exact) mass is 357 g/mol. The molecule has 0 N–H and O–H groups in total. The molecule has 16 heavy (non-hydrogen) atoms. The summed E-state index contributed by atoms with van der Waals surface area (Å²) in [6.45, 7) is 1.72. The molecule has 1 aromatic heterocycles. The third kappa shape index (κ3) is 2.98. The van der Waals surface area contributed by atoms with Crippen LogP contribution in [-0.4, -0.2) is 17.6 Å². The van der Waals surface area contributed by atoms with Gasteiger partial charge >= 0.3 is 5.97 Å². The quantitative estimate of drug-likeness (QED) is 0.610. The second-order valence-electron chi connectivity index (χ2n) is 2.71. The third-order valence-electron chi connectivity index (χ3n) is 1.66. The van der Waals surface area contributed by atoms with E-state index in [0.717, 1.165) is 0 Å². The van der Waals surface area contributed by atoms with Gasteiger partial charge in [-0.2, -0.15) is 0 Å². The molecule has 0 bridgehead atoms. The number of ether oxygens (including phenoxy) is 1. The summed E-state index contributed by atoms with van der Waals surface area (Å²) in [5.41, 5.74) is -0.819. The highest BCUT2D eigenvalue weighted by atomic mass is 79.9. The van der Waals surface area contributed by atoms with Gasteiger partial charge in [0.05, 0.1) is 16.6 Å². The van der Waals surface area contributed by atoms with Crippen molar-refractivity contribution in [3.05, 3.63) is 26.4 Å². The van der Waals surface area contributed by atoms with Crippen molar-refractivity contribution in [1.82, 2.24) is 4.98 Å². The zero-order valence-electron chi connectivity index (χ0n) is 8.14. The summed E-state index contributed by atoms with van der Waals surface area (Å²) in [4.78, 5) is 15.0. The average Bonchev–Trinajstić information content (AvgIpc) is 2.21. The van der Waals surface area contributed by atoms with E-state index in [2.05, 4.69) is 41.6 Å². The van der Waals surface area contributed by atoms with Crippen LogP contribution in [0.5, 0.6) is 0 Å². The van der Waals surface area contributed by atoms with E-state index in [-0.39, 0.29) is 16.8 Å². The van der Waals surface area contributed by atoms with E-state index in [1.807, 2.05) is 0 Å². The average molecular weight is 359 g/mol. The number of alkyl halides is 2. The van der Waals surface area contributed by atoms with Gasteiger partial charge in [-0.25, -0.2) is 18.6 Å². The highest BCUT2D eigenvalue weighted by Crippen LogP contribution is 2.29. The molecule has 3 nitrogen and oxygen atoms in total. The van der Waals surface area contributed by atoms with Crippen LogP contribution in [0.4, 0.5) is 8.78 Å². The number of rotatable bonds is 3. The largest absolute Gasteiger partial charge is 0.462 e. The molecule has 1 heterocycles. The van der Waals surface area contributed by atoms with Gasteiger partial charge in [0.15, 0.2) is 0 Å². The highest BCUT2D eigenvalue weighted by molar-refractivity contribution is 9.13. The fourth-order valence-corrected chi connectivity index (χ4v) is 1.64. The molecule has 0 unspecified atom stereocenters. The van der Waals surface area contributed by atoms with Crippen LogP contribution in [0.3, 0.4) is 0 Å². The maximum atomic E-state index is 12.6. The summed E-state index contributed by atoms with van der Waals surface area (Å²) in [7, 11) is 0. The molecule has 0 aliphatic heterocycles. The number of pyridine rings is 1. The van der Waals surface area contributed by atoms with Gasteiger partial charge in [0.1, 0.15) is 10.3 Å². The summed E-state index contributed by atoms with van der Waals surface area (Å²) in [5.74, 6) is -0.807. The number of carbonyl (C=O) groups is 1. The maximum Gasteiger partial charge on any atom is 0.340 e. The molecule has 7 heteroatoms. The van der Waals surface area contributed by atoms with Crippen LogP contribution in [-0.2, 0) is 4.74 Å². The van der Waals surface area contributed by atoms with Crippen molar-refractivity contribution in [2.45, 2.75) is 13.3 Å². The molecular weight excluding hydrogens is 352 g/mol. The molecule has 0 aliphatic carbocycles. The number of aromatic nitrogens is 1. The lowest BCUT2D eigenvalue weighted by Gasteiger charge is -2.08. The molecule has 0 atom stereocenters. The predicted molar refractivity (Wildman–Crippen MR) is 60.6 cm³/mol. The van der Waals surface area contributed by atoms with Crippen molar-refractivity contribution in [2.75, 3.05) is 6.61 Å². The van der Waals surface area contributed by atoms with E-state index in [4.69, 9.17) is 0 Å². The van der Waals surface area contributed by atoms with Crippen molar-refractivity contribution >= 4 is 37.8 Å². The van der Waals surface area contributed by atoms with E-state index in [0.29, 0.717) is 4.47 Å². The smallest absolute Gasteiger partial charge is 0.340 e. The summed E-state index contributed by atoms with van der Waals surface area (Å²) in [6, 6.07) is 1.26. The molecule has 0 fully saturated rings. The number of halogens is 4. The first-order valence-electron chi connectivity index (χ1n) is 4.28. The van der Waals surface area contributed by atoms with Gasteiger partial charge in [0.2, 0.25) is 0 Å². The minimum atomic E-state index is -2.83. The molecule has 0 saturated heterocycles. The zero-order valence-corrected chi connectivity index (χ0v) is 11.3. The van der Waals surface area contributed by atoms with Gasteiger partial charge in [-0.15, -0.1) is 0 Å². The standard InChI is InChI=1S/C9H7Br2F2NO2/c1-2-16-9(15)4-3-5(10)7(11)14-6(4)8(12)13/h3,8H,2H2,1H3. The number of hydrogen-bond acceptors (Lipinski definition) is 3. The van der Waals surface area contributed by atoms with Crippen molar-refractivity contribution in [1.29, 1.82) is 0 Å². The minimum Gasteiger partial charge on any atom is -0.462 e. The first-order valence-corrected chi connectivity index (χ1v) is 5.87. The zero-order chi connectivity index (χ0) is 12.3. The molecule has 0 amide bonds. The summed E-state index contributed by atoms with van der Waals surface area (Å²) in [6.07, 6.45) is -2.83. The van der Waals surface area contributed by atoms with Crippen molar-refractivity contribution in [3.8, 4) is 0 Å². The van der Waals surface area contributed by atoms with Crippen LogP contribution in [0.2, 0.25) is 0 Å². The second-order valence-corrected chi connectivity index (χ2v) is 4.32. The van der Waals surface area contributed by atoms with E-state index >= 15 is 0 Å². The van der Waals surface area contributed by atoms with E-state index in [9.17, 15) is 13.6 Å². The Labute approximate surface area is 107 Å². The van der Waals surface area contributed by atoms with Gasteiger partial charge in [0, 0.05) is 0 Å². The SMILES string of the molecule is CCOC(=O)c1cc(Br)c(Br)nc1C(F)F. The Bertz CT molecular complexity index is 413. The number of hydrogen-bond donors (Lipinski definition) is 0. The Balaban J connectivity index is 3.24. The van der Waals surface area contributed by atoms with Crippen LogP contribution < -0.4 is 0 Å². The second kappa shape index (κ2) is 5.67. The van der Waals surface area contributed by atoms with Crippen LogP contribution in [0.15, 0.2) is 15.1 Å². The van der Waals surface area contributed by atoms with Gasteiger partial charge in [0.25, 0.3) is 6.43 Å². The van der Waals surface area contributed by atoms with Crippen molar-refractivity contribution < 1.29 is 18.3 Å². The normalized spacial score (nSPS) is 10.6. The lowest BCUT2D eigenvalue weighted by atomic mass is 10.2. The fourth-order valence-electron chi connectivity index (χ4n) is 1.02. The molecule has 1 rings (SSSR count). The van der Waals surface area contributed by atoms with Crippen molar-refractivity contribution in [2.24, 2.45) is 0 Å². The van der Waals surface area contributed by atoms with Gasteiger partial charge in [-0.3, -0.25) is 0 Å². The van der Waals surface area contributed by atoms with Crippen molar-refractivity contribution in [3.63, 3.8) is 0 Å². The number of esters is 1. The van der Waals surface area contributed by atoms with Crippen LogP contribution in [0.25, 0.3) is 0 Å². The Morgan fingerprint density at radius 2 is 2.19 bits per heavy atom. The summed E-state index contributed by atoms with van der Waals surface area (Å²) >= 11 is 6.08. The Kier molecular flexibility index (Phi) is 4.79. The highest BCUT2D eigenvalue weighted by Gasteiger charge is 2.22. The molecule has 0 aromatic carbocycles.